The zero-order valence-electron chi connectivity index (χ0n) is 6.68. The minimum Gasteiger partial charge on any atom is -0.393 e. The van der Waals surface area contributed by atoms with Crippen molar-refractivity contribution in [2.45, 2.75) is 57.5 Å². The summed E-state index contributed by atoms with van der Waals surface area (Å²) in [6.45, 7) is 0. The van der Waals surface area contributed by atoms with Crippen molar-refractivity contribution in [1.29, 1.82) is 0 Å². The lowest BCUT2D eigenvalue weighted by molar-refractivity contribution is 0.150. The third kappa shape index (κ3) is 3.21. The van der Waals surface area contributed by atoms with Crippen LogP contribution < -0.4 is 0 Å². The average molecular weight is 142 g/mol. The van der Waals surface area contributed by atoms with Gasteiger partial charge < -0.3 is 5.11 Å². The summed E-state index contributed by atoms with van der Waals surface area (Å²) in [7, 11) is 0. The Morgan fingerprint density at radius 2 is 1.10 bits per heavy atom. The Bertz CT molecular complexity index is 70.8. The predicted octanol–water partition coefficient (Wildman–Crippen LogP) is 2.48. The van der Waals surface area contributed by atoms with E-state index in [9.17, 15) is 5.11 Å². The van der Waals surface area contributed by atoms with E-state index in [1.807, 2.05) is 0 Å². The van der Waals surface area contributed by atoms with Crippen molar-refractivity contribution in [3.8, 4) is 0 Å². The quantitative estimate of drug-likeness (QED) is 0.551. The molecule has 10 heavy (non-hydrogen) atoms. The first kappa shape index (κ1) is 8.06. The van der Waals surface area contributed by atoms with Gasteiger partial charge in [-0.05, 0) is 12.8 Å². The molecule has 0 aliphatic heterocycles. The maximum atomic E-state index is 9.34. The van der Waals surface area contributed by atoms with Crippen LogP contribution in [0.3, 0.4) is 0 Å². The summed E-state index contributed by atoms with van der Waals surface area (Å²) in [6.07, 6.45) is 9.99. The first-order valence-corrected chi connectivity index (χ1v) is 4.57. The fraction of sp³-hybridized carbons (Fsp3) is 1.00. The summed E-state index contributed by atoms with van der Waals surface area (Å²) >= 11 is 0. The molecular formula is C9H18O. The molecule has 0 unspecified atom stereocenters. The van der Waals surface area contributed by atoms with E-state index < -0.39 is 0 Å². The Labute approximate surface area is 63.4 Å². The van der Waals surface area contributed by atoms with Crippen molar-refractivity contribution >= 4 is 0 Å². The zero-order chi connectivity index (χ0) is 7.23. The van der Waals surface area contributed by atoms with E-state index in [4.69, 9.17) is 0 Å². The molecule has 0 amide bonds. The molecule has 0 radical (unpaired) electrons. The minimum atomic E-state index is 0.0121. The third-order valence-electron chi connectivity index (χ3n) is 2.32. The van der Waals surface area contributed by atoms with Crippen LogP contribution in [0.15, 0.2) is 0 Å². The zero-order valence-corrected chi connectivity index (χ0v) is 6.68. The predicted molar refractivity (Wildman–Crippen MR) is 42.9 cm³/mol. The molecule has 0 aromatic heterocycles. The highest BCUT2D eigenvalue weighted by Crippen LogP contribution is 2.16. The van der Waals surface area contributed by atoms with E-state index in [-0.39, 0.29) is 6.10 Å². The first-order chi connectivity index (χ1) is 4.89. The minimum absolute atomic E-state index is 0.0121. The van der Waals surface area contributed by atoms with Crippen LogP contribution in [-0.4, -0.2) is 11.2 Å². The lowest BCUT2D eigenvalue weighted by Gasteiger charge is -2.06. The molecule has 1 aliphatic rings. The summed E-state index contributed by atoms with van der Waals surface area (Å²) in [6, 6.07) is 0. The Kier molecular flexibility index (Phi) is 3.81. The highest BCUT2D eigenvalue weighted by Gasteiger charge is 2.05. The van der Waals surface area contributed by atoms with E-state index in [1.165, 1.54) is 38.5 Å². The Hall–Kier alpha value is -0.0400. The topological polar surface area (TPSA) is 20.2 Å². The van der Waals surface area contributed by atoms with Gasteiger partial charge in [0, 0.05) is 0 Å². The van der Waals surface area contributed by atoms with Gasteiger partial charge in [0.1, 0.15) is 0 Å². The van der Waals surface area contributed by atoms with E-state index in [0.29, 0.717) is 0 Å². The van der Waals surface area contributed by atoms with Crippen LogP contribution >= 0.6 is 0 Å². The highest BCUT2D eigenvalue weighted by molar-refractivity contribution is 4.59. The van der Waals surface area contributed by atoms with Gasteiger partial charge in [0.2, 0.25) is 0 Å². The number of hydrogen-bond donors (Lipinski definition) is 1. The molecule has 1 aliphatic carbocycles. The molecule has 1 N–H and O–H groups in total. The van der Waals surface area contributed by atoms with Crippen LogP contribution in [-0.2, 0) is 0 Å². The smallest absolute Gasteiger partial charge is 0.0540 e. The Morgan fingerprint density at radius 1 is 0.700 bits per heavy atom. The number of rotatable bonds is 0. The van der Waals surface area contributed by atoms with Gasteiger partial charge in [-0.1, -0.05) is 38.5 Å². The van der Waals surface area contributed by atoms with Gasteiger partial charge in [-0.25, -0.2) is 0 Å². The van der Waals surface area contributed by atoms with Crippen LogP contribution in [0.2, 0.25) is 0 Å². The number of hydrogen-bond acceptors (Lipinski definition) is 1. The van der Waals surface area contributed by atoms with Crippen molar-refractivity contribution in [2.75, 3.05) is 0 Å². The van der Waals surface area contributed by atoms with Gasteiger partial charge in [-0.15, -0.1) is 0 Å². The van der Waals surface area contributed by atoms with Crippen LogP contribution in [0, 0.1) is 0 Å². The maximum Gasteiger partial charge on any atom is 0.0540 e. The molecule has 1 heteroatoms. The Balaban J connectivity index is 2.15. The molecule has 0 heterocycles. The van der Waals surface area contributed by atoms with Crippen LogP contribution in [0.4, 0.5) is 0 Å². The summed E-state index contributed by atoms with van der Waals surface area (Å²) in [5, 5.41) is 9.34. The van der Waals surface area contributed by atoms with Crippen molar-refractivity contribution in [3.63, 3.8) is 0 Å². The van der Waals surface area contributed by atoms with E-state index in [1.54, 1.807) is 0 Å². The normalized spacial score (nSPS) is 24.9. The summed E-state index contributed by atoms with van der Waals surface area (Å²) in [5.41, 5.74) is 0. The lowest BCUT2D eigenvalue weighted by Crippen LogP contribution is -2.04. The second-order valence-electron chi connectivity index (χ2n) is 3.35. The second-order valence-corrected chi connectivity index (χ2v) is 3.35. The van der Waals surface area contributed by atoms with Crippen LogP contribution in [0.1, 0.15) is 51.4 Å². The number of aliphatic hydroxyl groups is 1. The van der Waals surface area contributed by atoms with Gasteiger partial charge in [-0.2, -0.15) is 0 Å². The molecule has 0 saturated heterocycles. The largest absolute Gasteiger partial charge is 0.393 e. The summed E-state index contributed by atoms with van der Waals surface area (Å²) < 4.78 is 0. The van der Waals surface area contributed by atoms with Crippen LogP contribution in [0.25, 0.3) is 0 Å². The van der Waals surface area contributed by atoms with Gasteiger partial charge in [0.15, 0.2) is 0 Å². The lowest BCUT2D eigenvalue weighted by atomic mass is 10.1. The standard InChI is InChI=1S/C9H18O/c10-9-7-5-3-1-2-4-6-8-9/h9-10H,1-8H2. The van der Waals surface area contributed by atoms with Crippen LogP contribution in [0.5, 0.6) is 0 Å². The first-order valence-electron chi connectivity index (χ1n) is 4.57. The van der Waals surface area contributed by atoms with E-state index in [0.717, 1.165) is 12.8 Å². The molecule has 1 saturated carbocycles. The number of aliphatic hydroxyl groups excluding tert-OH is 1. The summed E-state index contributed by atoms with van der Waals surface area (Å²) in [4.78, 5) is 0. The van der Waals surface area contributed by atoms with Gasteiger partial charge in [0.05, 0.1) is 6.10 Å². The van der Waals surface area contributed by atoms with Crippen molar-refractivity contribution in [1.82, 2.24) is 0 Å². The van der Waals surface area contributed by atoms with E-state index >= 15 is 0 Å². The molecule has 60 valence electrons. The second kappa shape index (κ2) is 4.73. The molecular weight excluding hydrogens is 124 g/mol. The van der Waals surface area contributed by atoms with E-state index in [2.05, 4.69) is 0 Å². The molecule has 1 fully saturated rings. The highest BCUT2D eigenvalue weighted by atomic mass is 16.3. The third-order valence-corrected chi connectivity index (χ3v) is 2.32. The van der Waals surface area contributed by atoms with Gasteiger partial charge in [0.25, 0.3) is 0 Å². The Morgan fingerprint density at radius 3 is 1.60 bits per heavy atom. The molecule has 0 spiro atoms. The molecule has 1 nitrogen and oxygen atoms in total. The SMILES string of the molecule is OC1CCCCCCCC1. The van der Waals surface area contributed by atoms with Crippen molar-refractivity contribution < 1.29 is 5.11 Å². The van der Waals surface area contributed by atoms with Gasteiger partial charge >= 0.3 is 0 Å². The molecule has 0 bridgehead atoms. The molecule has 0 atom stereocenters. The van der Waals surface area contributed by atoms with Gasteiger partial charge in [-0.3, -0.25) is 0 Å². The molecule has 1 rings (SSSR count). The van der Waals surface area contributed by atoms with Crippen molar-refractivity contribution in [2.24, 2.45) is 0 Å². The van der Waals surface area contributed by atoms with Crippen molar-refractivity contribution in [3.05, 3.63) is 0 Å². The maximum absolute atomic E-state index is 9.34. The fourth-order valence-electron chi connectivity index (χ4n) is 1.61. The average Bonchev–Trinajstić information content (AvgIpc) is 2.02. The monoisotopic (exact) mass is 142 g/mol. The molecule has 0 aromatic carbocycles. The fourth-order valence-corrected chi connectivity index (χ4v) is 1.61. The molecule has 0 aromatic rings. The summed E-state index contributed by atoms with van der Waals surface area (Å²) in [5.74, 6) is 0.